The van der Waals surface area contributed by atoms with E-state index in [2.05, 4.69) is 0 Å². The minimum absolute atomic E-state index is 0.489. The minimum Gasteiger partial charge on any atom is -0.501 e. The molecule has 0 spiro atoms. The van der Waals surface area contributed by atoms with Crippen LogP contribution in [0.25, 0.3) is 0 Å². The predicted octanol–water partition coefficient (Wildman–Crippen LogP) is 2.09. The normalized spacial score (nSPS) is 26.3. The number of rotatable bonds is 5. The first-order valence-electron chi connectivity index (χ1n) is 4.78. The van der Waals surface area contributed by atoms with Crippen molar-refractivity contribution < 1.29 is 8.95 Å². The Morgan fingerprint density at radius 3 is 2.77 bits per heavy atom. The summed E-state index contributed by atoms with van der Waals surface area (Å²) < 4.78 is 16.1. The smallest absolute Gasteiger partial charge is 0.0873 e. The standard InChI is InChI=1S/C10H18O2S/c1-9(2)6-12-5-3-4-10-7-13(11)8-10/h6,10H,3-5,7-8H2,1-2H3. The van der Waals surface area contributed by atoms with Crippen LogP contribution in [0.4, 0.5) is 0 Å². The molecule has 0 saturated carbocycles. The van der Waals surface area contributed by atoms with Gasteiger partial charge in [-0.05, 0) is 38.2 Å². The summed E-state index contributed by atoms with van der Waals surface area (Å²) >= 11 is 0. The van der Waals surface area contributed by atoms with Crippen LogP contribution >= 0.6 is 0 Å². The Balaban J connectivity index is 1.90. The molecule has 0 atom stereocenters. The summed E-state index contributed by atoms with van der Waals surface area (Å²) in [4.78, 5) is 0. The fourth-order valence-corrected chi connectivity index (χ4v) is 2.61. The van der Waals surface area contributed by atoms with Gasteiger partial charge in [-0.2, -0.15) is 0 Å². The van der Waals surface area contributed by atoms with Crippen LogP contribution in [0.15, 0.2) is 11.8 Å². The molecule has 0 aromatic carbocycles. The third-order valence-corrected chi connectivity index (χ3v) is 3.72. The second kappa shape index (κ2) is 5.43. The van der Waals surface area contributed by atoms with E-state index in [9.17, 15) is 4.21 Å². The molecule has 0 aromatic heterocycles. The maximum atomic E-state index is 10.8. The van der Waals surface area contributed by atoms with Gasteiger partial charge >= 0.3 is 0 Å². The molecule has 3 heteroatoms. The second-order valence-corrected chi connectivity index (χ2v) is 5.39. The highest BCUT2D eigenvalue weighted by atomic mass is 32.2. The Hall–Kier alpha value is -0.310. The SMILES string of the molecule is CC(C)=COCCCC1CS(=O)C1. The van der Waals surface area contributed by atoms with Gasteiger partial charge in [0.15, 0.2) is 0 Å². The maximum absolute atomic E-state index is 10.8. The van der Waals surface area contributed by atoms with E-state index in [1.807, 2.05) is 13.8 Å². The van der Waals surface area contributed by atoms with Crippen molar-refractivity contribution in [2.24, 2.45) is 5.92 Å². The van der Waals surface area contributed by atoms with Crippen molar-refractivity contribution in [1.29, 1.82) is 0 Å². The lowest BCUT2D eigenvalue weighted by atomic mass is 10.1. The zero-order valence-electron chi connectivity index (χ0n) is 8.41. The Morgan fingerprint density at radius 1 is 1.54 bits per heavy atom. The van der Waals surface area contributed by atoms with E-state index >= 15 is 0 Å². The first-order chi connectivity index (χ1) is 6.18. The van der Waals surface area contributed by atoms with E-state index in [0.717, 1.165) is 24.5 Å². The molecule has 1 aliphatic rings. The van der Waals surface area contributed by atoms with Gasteiger partial charge < -0.3 is 4.74 Å². The minimum atomic E-state index is -0.489. The Morgan fingerprint density at radius 2 is 2.23 bits per heavy atom. The van der Waals surface area contributed by atoms with E-state index in [1.54, 1.807) is 6.26 Å². The molecular formula is C10H18O2S. The van der Waals surface area contributed by atoms with Crippen molar-refractivity contribution in [3.63, 3.8) is 0 Å². The predicted molar refractivity (Wildman–Crippen MR) is 56.0 cm³/mol. The molecule has 1 fully saturated rings. The van der Waals surface area contributed by atoms with Crippen molar-refractivity contribution in [2.75, 3.05) is 18.1 Å². The molecule has 0 aromatic rings. The van der Waals surface area contributed by atoms with Crippen molar-refractivity contribution in [2.45, 2.75) is 26.7 Å². The first-order valence-corrected chi connectivity index (χ1v) is 6.27. The summed E-state index contributed by atoms with van der Waals surface area (Å²) in [6.07, 6.45) is 4.06. The van der Waals surface area contributed by atoms with Crippen LogP contribution in [0.1, 0.15) is 26.7 Å². The highest BCUT2D eigenvalue weighted by molar-refractivity contribution is 7.86. The fraction of sp³-hybridized carbons (Fsp3) is 0.800. The Bertz CT molecular complexity index is 199. The van der Waals surface area contributed by atoms with Gasteiger partial charge in [0.25, 0.3) is 0 Å². The average molecular weight is 202 g/mol. The van der Waals surface area contributed by atoms with E-state index in [1.165, 1.54) is 12.0 Å². The molecule has 0 N–H and O–H groups in total. The quantitative estimate of drug-likeness (QED) is 0.504. The molecule has 76 valence electrons. The van der Waals surface area contributed by atoms with Crippen LogP contribution in [0.2, 0.25) is 0 Å². The first kappa shape index (κ1) is 10.8. The van der Waals surface area contributed by atoms with Crippen molar-refractivity contribution in [3.8, 4) is 0 Å². The summed E-state index contributed by atoms with van der Waals surface area (Å²) in [6, 6.07) is 0. The molecule has 0 radical (unpaired) electrons. The van der Waals surface area contributed by atoms with Gasteiger partial charge in [-0.15, -0.1) is 0 Å². The molecule has 0 unspecified atom stereocenters. The van der Waals surface area contributed by atoms with Crippen LogP contribution < -0.4 is 0 Å². The van der Waals surface area contributed by atoms with E-state index in [4.69, 9.17) is 4.74 Å². The van der Waals surface area contributed by atoms with Crippen LogP contribution in [-0.2, 0) is 15.5 Å². The van der Waals surface area contributed by atoms with Gasteiger partial charge in [-0.25, -0.2) is 0 Å². The van der Waals surface area contributed by atoms with Crippen LogP contribution in [-0.4, -0.2) is 22.3 Å². The molecule has 13 heavy (non-hydrogen) atoms. The summed E-state index contributed by atoms with van der Waals surface area (Å²) in [5, 5.41) is 0. The van der Waals surface area contributed by atoms with Gasteiger partial charge in [0.05, 0.1) is 12.9 Å². The van der Waals surface area contributed by atoms with Crippen molar-refractivity contribution >= 4 is 10.8 Å². The van der Waals surface area contributed by atoms with E-state index in [-0.39, 0.29) is 0 Å². The highest BCUT2D eigenvalue weighted by Crippen LogP contribution is 2.19. The van der Waals surface area contributed by atoms with Crippen LogP contribution in [0.3, 0.4) is 0 Å². The molecule has 0 bridgehead atoms. The fourth-order valence-electron chi connectivity index (χ4n) is 1.32. The summed E-state index contributed by atoms with van der Waals surface area (Å²) in [5.41, 5.74) is 1.20. The third kappa shape index (κ3) is 4.46. The van der Waals surface area contributed by atoms with Crippen LogP contribution in [0, 0.1) is 5.92 Å². The highest BCUT2D eigenvalue weighted by Gasteiger charge is 2.24. The molecule has 1 aliphatic heterocycles. The van der Waals surface area contributed by atoms with Gasteiger partial charge in [0.2, 0.25) is 0 Å². The summed E-state index contributed by atoms with van der Waals surface area (Å²) in [7, 11) is -0.489. The molecule has 1 rings (SSSR count). The molecule has 0 amide bonds. The summed E-state index contributed by atoms with van der Waals surface area (Å²) in [5.74, 6) is 2.54. The molecule has 2 nitrogen and oxygen atoms in total. The zero-order valence-corrected chi connectivity index (χ0v) is 9.23. The monoisotopic (exact) mass is 202 g/mol. The number of hydrogen-bond acceptors (Lipinski definition) is 2. The lowest BCUT2D eigenvalue weighted by Gasteiger charge is -2.24. The third-order valence-electron chi connectivity index (χ3n) is 2.04. The Labute approximate surface area is 82.8 Å². The average Bonchev–Trinajstić information content (AvgIpc) is 1.99. The zero-order chi connectivity index (χ0) is 9.68. The molecule has 0 aliphatic carbocycles. The van der Waals surface area contributed by atoms with Gasteiger partial charge in [-0.3, -0.25) is 4.21 Å². The largest absolute Gasteiger partial charge is 0.501 e. The second-order valence-electron chi connectivity index (χ2n) is 3.85. The van der Waals surface area contributed by atoms with Gasteiger partial charge in [0, 0.05) is 22.3 Å². The Kier molecular flexibility index (Phi) is 4.50. The topological polar surface area (TPSA) is 26.3 Å². The van der Waals surface area contributed by atoms with Crippen LogP contribution in [0.5, 0.6) is 0 Å². The van der Waals surface area contributed by atoms with Crippen molar-refractivity contribution in [1.82, 2.24) is 0 Å². The molecule has 1 heterocycles. The lowest BCUT2D eigenvalue weighted by Crippen LogP contribution is -2.30. The maximum Gasteiger partial charge on any atom is 0.0873 e. The van der Waals surface area contributed by atoms with Gasteiger partial charge in [-0.1, -0.05) is 0 Å². The molecular weight excluding hydrogens is 184 g/mol. The number of ether oxygens (including phenoxy) is 1. The van der Waals surface area contributed by atoms with Crippen molar-refractivity contribution in [3.05, 3.63) is 11.8 Å². The number of hydrogen-bond donors (Lipinski definition) is 0. The number of allylic oxidation sites excluding steroid dienone is 1. The lowest BCUT2D eigenvalue weighted by molar-refractivity contribution is 0.233. The van der Waals surface area contributed by atoms with E-state index < -0.39 is 10.8 Å². The van der Waals surface area contributed by atoms with E-state index in [0.29, 0.717) is 5.92 Å². The van der Waals surface area contributed by atoms with Gasteiger partial charge in [0.1, 0.15) is 0 Å². The summed E-state index contributed by atoms with van der Waals surface area (Å²) in [6.45, 7) is 4.85. The molecule has 1 saturated heterocycles.